The van der Waals surface area contributed by atoms with Crippen molar-refractivity contribution in [2.75, 3.05) is 27.3 Å². The average molecular weight is 542 g/mol. The summed E-state index contributed by atoms with van der Waals surface area (Å²) in [5.41, 5.74) is 3.25. The molecule has 1 aromatic heterocycles. The monoisotopic (exact) mass is 541 g/mol. The number of nitrogens with zero attached hydrogens (tertiary/aromatic N) is 2. The summed E-state index contributed by atoms with van der Waals surface area (Å²) in [6.07, 6.45) is 2.08. The van der Waals surface area contributed by atoms with E-state index in [0.29, 0.717) is 40.7 Å². The van der Waals surface area contributed by atoms with Crippen molar-refractivity contribution in [1.29, 1.82) is 0 Å². The van der Waals surface area contributed by atoms with Crippen molar-refractivity contribution in [3.8, 4) is 16.9 Å². The molecule has 0 spiro atoms. The van der Waals surface area contributed by atoms with Crippen LogP contribution in [0.15, 0.2) is 35.1 Å². The molecule has 1 aliphatic rings. The second-order valence-electron chi connectivity index (χ2n) is 9.66. The number of nitrogens with one attached hydrogen (secondary N) is 1. The van der Waals surface area contributed by atoms with Crippen molar-refractivity contribution in [3.63, 3.8) is 0 Å². The number of benzene rings is 2. The lowest BCUT2D eigenvalue weighted by Gasteiger charge is -2.33. The number of carbonyl (C=O) groups excluding carboxylic acids is 1. The number of H-pyrrole nitrogens is 1. The molecule has 2 heterocycles. The van der Waals surface area contributed by atoms with E-state index in [-0.39, 0.29) is 28.8 Å². The minimum Gasteiger partial charge on any atom is -0.492 e. The summed E-state index contributed by atoms with van der Waals surface area (Å²) in [6, 6.07) is 8.78. The molecular formula is C28H32ClN3O6. The molecule has 2 N–H and O–H groups in total. The van der Waals surface area contributed by atoms with Crippen molar-refractivity contribution in [1.82, 2.24) is 14.9 Å². The van der Waals surface area contributed by atoms with Gasteiger partial charge in [0.25, 0.3) is 11.5 Å². The van der Waals surface area contributed by atoms with Gasteiger partial charge in [-0.05, 0) is 50.8 Å². The van der Waals surface area contributed by atoms with Gasteiger partial charge in [-0.2, -0.15) is 0 Å². The van der Waals surface area contributed by atoms with Gasteiger partial charge in [0, 0.05) is 31.4 Å². The van der Waals surface area contributed by atoms with Crippen LogP contribution in [0.1, 0.15) is 47.2 Å². The number of aromatic amines is 1. The Hall–Kier alpha value is -3.56. The molecule has 2 aromatic carbocycles. The molecule has 0 bridgehead atoms. The van der Waals surface area contributed by atoms with Crippen molar-refractivity contribution in [2.24, 2.45) is 0 Å². The molecule has 0 radical (unpaired) electrons. The van der Waals surface area contributed by atoms with Crippen molar-refractivity contribution in [2.45, 2.75) is 45.6 Å². The second kappa shape index (κ2) is 11.4. The summed E-state index contributed by atoms with van der Waals surface area (Å²) in [5, 5.41) is 11.3. The summed E-state index contributed by atoms with van der Waals surface area (Å²) >= 11 is 6.43. The molecule has 1 unspecified atom stereocenters. The number of carbonyl (C=O) groups is 2. The number of aryl methyl sites for hydroxylation is 2. The molecule has 10 heteroatoms. The first-order valence-corrected chi connectivity index (χ1v) is 12.9. The first-order chi connectivity index (χ1) is 18.1. The number of halogens is 1. The summed E-state index contributed by atoms with van der Waals surface area (Å²) in [6.45, 7) is 4.59. The smallest absolute Gasteiger partial charge is 0.407 e. The van der Waals surface area contributed by atoms with Crippen LogP contribution in [0, 0.1) is 13.8 Å². The van der Waals surface area contributed by atoms with Crippen LogP contribution in [0.5, 0.6) is 5.75 Å². The Morgan fingerprint density at radius 1 is 1.16 bits per heavy atom. The van der Waals surface area contributed by atoms with E-state index in [1.54, 1.807) is 6.07 Å². The number of aromatic nitrogens is 1. The predicted octanol–water partition coefficient (Wildman–Crippen LogP) is 5.40. The van der Waals surface area contributed by atoms with Crippen LogP contribution in [0.25, 0.3) is 22.0 Å². The predicted molar refractivity (Wildman–Crippen MR) is 146 cm³/mol. The lowest BCUT2D eigenvalue weighted by Crippen LogP contribution is -2.43. The fourth-order valence-corrected chi connectivity index (χ4v) is 5.33. The number of carboxylic acid groups (broad SMARTS) is 1. The van der Waals surface area contributed by atoms with Crippen LogP contribution in [-0.2, 0) is 4.84 Å². The first-order valence-electron chi connectivity index (χ1n) is 12.5. The molecular weight excluding hydrogens is 510 g/mol. The lowest BCUT2D eigenvalue weighted by atomic mass is 9.98. The highest BCUT2D eigenvalue weighted by Crippen LogP contribution is 2.37. The Balaban J connectivity index is 1.83. The molecule has 38 heavy (non-hydrogen) atoms. The number of ether oxygens (including phenoxy) is 1. The molecule has 0 saturated carbocycles. The van der Waals surface area contributed by atoms with E-state index < -0.39 is 12.0 Å². The summed E-state index contributed by atoms with van der Waals surface area (Å²) in [7, 11) is 2.86. The number of hydrogen-bond donors (Lipinski definition) is 2. The maximum atomic E-state index is 13.4. The quantitative estimate of drug-likeness (QED) is 0.387. The number of hydroxylamine groups is 2. The van der Waals surface area contributed by atoms with Crippen LogP contribution in [0.3, 0.4) is 0 Å². The zero-order chi connectivity index (χ0) is 27.6. The highest BCUT2D eigenvalue weighted by atomic mass is 35.5. The van der Waals surface area contributed by atoms with Crippen LogP contribution >= 0.6 is 11.6 Å². The molecule has 1 aliphatic heterocycles. The Bertz CT molecular complexity index is 1420. The minimum absolute atomic E-state index is 0.159. The van der Waals surface area contributed by atoms with E-state index in [1.807, 2.05) is 32.0 Å². The van der Waals surface area contributed by atoms with Crippen LogP contribution in [-0.4, -0.2) is 65.4 Å². The van der Waals surface area contributed by atoms with Gasteiger partial charge in [-0.1, -0.05) is 40.9 Å². The Labute approximate surface area is 225 Å². The van der Waals surface area contributed by atoms with Crippen molar-refractivity contribution in [3.05, 3.63) is 62.4 Å². The third-order valence-corrected chi connectivity index (χ3v) is 7.24. The standard InChI is InChI=1S/C28H32ClN3O6/c1-16-11-17(2)13-18(12-16)24-25(38-10-8-19-7-5-6-9-32(19)28(35)36)21-14-20(27(34)31(3)37-4)22(29)15-23(21)30-26(24)33/h11-15,19H,5-10H2,1-4H3,(H,30,33)(H,35,36). The molecule has 202 valence electrons. The Morgan fingerprint density at radius 2 is 1.87 bits per heavy atom. The molecule has 1 saturated heterocycles. The van der Waals surface area contributed by atoms with E-state index in [9.17, 15) is 19.5 Å². The number of likely N-dealkylation sites (tertiary alicyclic amines) is 1. The summed E-state index contributed by atoms with van der Waals surface area (Å²) in [5.74, 6) is -0.138. The third kappa shape index (κ3) is 5.63. The van der Waals surface area contributed by atoms with Gasteiger partial charge in [0.2, 0.25) is 0 Å². The minimum atomic E-state index is -0.938. The van der Waals surface area contributed by atoms with E-state index >= 15 is 0 Å². The number of piperidine rings is 1. The largest absolute Gasteiger partial charge is 0.492 e. The highest BCUT2D eigenvalue weighted by molar-refractivity contribution is 6.34. The van der Waals surface area contributed by atoms with Gasteiger partial charge in [-0.25, -0.2) is 9.86 Å². The van der Waals surface area contributed by atoms with Gasteiger partial charge < -0.3 is 19.7 Å². The van der Waals surface area contributed by atoms with Gasteiger partial charge in [-0.3, -0.25) is 14.4 Å². The summed E-state index contributed by atoms with van der Waals surface area (Å²) < 4.78 is 6.32. The zero-order valence-corrected chi connectivity index (χ0v) is 22.7. The van der Waals surface area contributed by atoms with Gasteiger partial charge in [0.05, 0.1) is 35.4 Å². The fourth-order valence-electron chi connectivity index (χ4n) is 5.08. The topological polar surface area (TPSA) is 112 Å². The average Bonchev–Trinajstić information content (AvgIpc) is 2.86. The zero-order valence-electron chi connectivity index (χ0n) is 22.0. The maximum Gasteiger partial charge on any atom is 0.407 e. The normalized spacial score (nSPS) is 15.5. The van der Waals surface area contributed by atoms with E-state index in [2.05, 4.69) is 4.98 Å². The van der Waals surface area contributed by atoms with Gasteiger partial charge >= 0.3 is 6.09 Å². The third-order valence-electron chi connectivity index (χ3n) is 6.93. The number of rotatable bonds is 7. The van der Waals surface area contributed by atoms with E-state index in [0.717, 1.165) is 35.5 Å². The second-order valence-corrected chi connectivity index (χ2v) is 10.1. The van der Waals surface area contributed by atoms with Crippen molar-refractivity contribution < 1.29 is 24.3 Å². The fraction of sp³-hybridized carbons (Fsp3) is 0.393. The van der Waals surface area contributed by atoms with E-state index in [1.165, 1.54) is 25.1 Å². The molecule has 4 rings (SSSR count). The molecule has 1 fully saturated rings. The Morgan fingerprint density at radius 3 is 2.53 bits per heavy atom. The van der Waals surface area contributed by atoms with Crippen molar-refractivity contribution >= 4 is 34.5 Å². The molecule has 9 nitrogen and oxygen atoms in total. The lowest BCUT2D eigenvalue weighted by molar-refractivity contribution is -0.0756. The van der Waals surface area contributed by atoms with Crippen LogP contribution in [0.2, 0.25) is 5.02 Å². The number of fused-ring (bicyclic) bond motifs is 1. The first kappa shape index (κ1) is 27.5. The molecule has 2 amide bonds. The summed E-state index contributed by atoms with van der Waals surface area (Å²) in [4.78, 5) is 47.4. The molecule has 0 aliphatic carbocycles. The number of amides is 2. The van der Waals surface area contributed by atoms with Gasteiger partial charge in [0.1, 0.15) is 5.75 Å². The molecule has 1 atom stereocenters. The van der Waals surface area contributed by atoms with Gasteiger partial charge in [-0.15, -0.1) is 0 Å². The van der Waals surface area contributed by atoms with E-state index in [4.69, 9.17) is 21.2 Å². The SMILES string of the molecule is CON(C)C(=O)c1cc2c(OCCC3CCCCN3C(=O)O)c(-c3cc(C)cc(C)c3)c(=O)[nH]c2cc1Cl. The Kier molecular flexibility index (Phi) is 8.28. The van der Waals surface area contributed by atoms with Crippen LogP contribution < -0.4 is 10.3 Å². The number of pyridine rings is 1. The molecule has 3 aromatic rings. The maximum absolute atomic E-state index is 13.4. The van der Waals surface area contributed by atoms with Crippen LogP contribution in [0.4, 0.5) is 4.79 Å². The number of hydrogen-bond acceptors (Lipinski definition) is 5. The highest BCUT2D eigenvalue weighted by Gasteiger charge is 2.27. The van der Waals surface area contributed by atoms with Gasteiger partial charge in [0.15, 0.2) is 0 Å².